The molecule has 0 aromatic heterocycles. The Morgan fingerprint density at radius 2 is 1.38 bits per heavy atom. The third-order valence-electron chi connectivity index (χ3n) is 5.37. The predicted molar refractivity (Wildman–Crippen MR) is 82.5 cm³/mol. The SMILES string of the molecule is O=C=NC1CCC(N=C=O)(C2(N=C=O)CCCCC2N=C=O)CC1. The van der Waals surface area contributed by atoms with E-state index in [9.17, 15) is 19.2 Å². The van der Waals surface area contributed by atoms with E-state index in [-0.39, 0.29) is 6.04 Å². The van der Waals surface area contributed by atoms with Crippen molar-refractivity contribution in [2.24, 2.45) is 20.0 Å². The van der Waals surface area contributed by atoms with Gasteiger partial charge < -0.3 is 0 Å². The zero-order chi connectivity index (χ0) is 17.5. The topological polar surface area (TPSA) is 118 Å². The number of isocyanates is 4. The fourth-order valence-electron chi connectivity index (χ4n) is 4.24. The molecule has 0 heterocycles. The lowest BCUT2D eigenvalue weighted by molar-refractivity contribution is 0.0980. The molecule has 0 N–H and O–H groups in total. The molecule has 2 aliphatic rings. The zero-order valence-corrected chi connectivity index (χ0v) is 13.2. The molecule has 2 saturated carbocycles. The van der Waals surface area contributed by atoms with E-state index in [2.05, 4.69) is 20.0 Å². The number of rotatable bonds is 5. The largest absolute Gasteiger partial charge is 0.235 e. The second kappa shape index (κ2) is 7.87. The molecule has 2 atom stereocenters. The van der Waals surface area contributed by atoms with Gasteiger partial charge in [-0.15, -0.1) is 0 Å². The second-order valence-corrected chi connectivity index (χ2v) is 6.30. The molecule has 0 aromatic rings. The van der Waals surface area contributed by atoms with E-state index in [1.165, 1.54) is 0 Å². The van der Waals surface area contributed by atoms with Crippen LogP contribution in [-0.4, -0.2) is 47.5 Å². The van der Waals surface area contributed by atoms with E-state index in [4.69, 9.17) is 0 Å². The van der Waals surface area contributed by atoms with Gasteiger partial charge in [0, 0.05) is 0 Å². The van der Waals surface area contributed by atoms with Gasteiger partial charge in [0.1, 0.15) is 11.1 Å². The van der Waals surface area contributed by atoms with Crippen LogP contribution in [-0.2, 0) is 19.2 Å². The lowest BCUT2D eigenvalue weighted by atomic mass is 9.60. The van der Waals surface area contributed by atoms with E-state index in [1.807, 2.05) is 0 Å². The van der Waals surface area contributed by atoms with Crippen molar-refractivity contribution in [1.29, 1.82) is 0 Å². The summed E-state index contributed by atoms with van der Waals surface area (Å²) in [4.78, 5) is 59.3. The summed E-state index contributed by atoms with van der Waals surface area (Å²) in [6.45, 7) is 0. The summed E-state index contributed by atoms with van der Waals surface area (Å²) in [5.41, 5.74) is -2.09. The first kappa shape index (κ1) is 17.9. The average molecular weight is 330 g/mol. The van der Waals surface area contributed by atoms with Gasteiger partial charge in [-0.05, 0) is 38.5 Å². The maximum Gasteiger partial charge on any atom is 0.235 e. The van der Waals surface area contributed by atoms with Crippen molar-refractivity contribution >= 4 is 24.3 Å². The summed E-state index contributed by atoms with van der Waals surface area (Å²) in [6, 6.07) is -0.764. The summed E-state index contributed by atoms with van der Waals surface area (Å²) in [5.74, 6) is 0. The summed E-state index contributed by atoms with van der Waals surface area (Å²) in [6.07, 6.45) is 10.8. The molecule has 0 radical (unpaired) electrons. The van der Waals surface area contributed by atoms with Crippen LogP contribution in [0.2, 0.25) is 0 Å². The summed E-state index contributed by atoms with van der Waals surface area (Å²) >= 11 is 0. The fourth-order valence-corrected chi connectivity index (χ4v) is 4.24. The van der Waals surface area contributed by atoms with Crippen LogP contribution in [0.1, 0.15) is 51.4 Å². The van der Waals surface area contributed by atoms with Crippen LogP contribution in [0.4, 0.5) is 0 Å². The molecule has 0 amide bonds. The highest BCUT2D eigenvalue weighted by Gasteiger charge is 2.59. The Morgan fingerprint density at radius 3 is 1.96 bits per heavy atom. The molecule has 8 nitrogen and oxygen atoms in total. The average Bonchev–Trinajstić information content (AvgIpc) is 2.59. The van der Waals surface area contributed by atoms with Gasteiger partial charge in [-0.2, -0.15) is 15.0 Å². The molecule has 2 fully saturated rings. The molecule has 8 heteroatoms. The number of hydrogen-bond donors (Lipinski definition) is 0. The van der Waals surface area contributed by atoms with Crippen molar-refractivity contribution in [3.8, 4) is 0 Å². The third kappa shape index (κ3) is 3.09. The van der Waals surface area contributed by atoms with Crippen molar-refractivity contribution in [3.63, 3.8) is 0 Å². The highest BCUT2D eigenvalue weighted by Crippen LogP contribution is 2.50. The Labute approximate surface area is 138 Å². The van der Waals surface area contributed by atoms with Gasteiger partial charge in [-0.25, -0.2) is 24.2 Å². The van der Waals surface area contributed by atoms with Gasteiger partial charge >= 0.3 is 0 Å². The van der Waals surface area contributed by atoms with Crippen LogP contribution in [0, 0.1) is 0 Å². The third-order valence-corrected chi connectivity index (χ3v) is 5.37. The quantitative estimate of drug-likeness (QED) is 0.563. The summed E-state index contributed by atoms with van der Waals surface area (Å²) < 4.78 is 0. The van der Waals surface area contributed by atoms with Crippen molar-refractivity contribution in [2.45, 2.75) is 74.5 Å². The fraction of sp³-hybridized carbons (Fsp3) is 0.750. The minimum Gasteiger partial charge on any atom is -0.211 e. The van der Waals surface area contributed by atoms with Gasteiger partial charge in [-0.1, -0.05) is 12.8 Å². The van der Waals surface area contributed by atoms with Crippen molar-refractivity contribution in [1.82, 2.24) is 0 Å². The van der Waals surface area contributed by atoms with Gasteiger partial charge in [0.15, 0.2) is 0 Å². The number of carbonyl (C=O) groups excluding carboxylic acids is 4. The highest BCUT2D eigenvalue weighted by atomic mass is 16.1. The minimum atomic E-state index is -1.10. The first-order chi connectivity index (χ1) is 11.7. The standard InChI is InChI=1S/C16H18N4O4/c21-9-17-13-4-7-15(8-5-13,19-11-23)16(20-12-24)6-2-1-3-14(16)18-10-22/h13-14H,1-8H2. The second-order valence-electron chi connectivity index (χ2n) is 6.30. The molecule has 2 rings (SSSR count). The normalized spacial score (nSPS) is 35.3. The first-order valence-corrected chi connectivity index (χ1v) is 8.00. The summed E-state index contributed by atoms with van der Waals surface area (Å²) in [7, 11) is 0. The van der Waals surface area contributed by atoms with Crippen LogP contribution >= 0.6 is 0 Å². The molecule has 0 aliphatic heterocycles. The maximum absolute atomic E-state index is 11.1. The van der Waals surface area contributed by atoms with Crippen LogP contribution in [0.3, 0.4) is 0 Å². The Hall–Kier alpha value is -2.48. The van der Waals surface area contributed by atoms with Gasteiger partial charge in [0.05, 0.1) is 12.1 Å². The van der Waals surface area contributed by atoms with Crippen molar-refractivity contribution < 1.29 is 19.2 Å². The van der Waals surface area contributed by atoms with Crippen LogP contribution in [0.15, 0.2) is 20.0 Å². The molecule has 24 heavy (non-hydrogen) atoms. The van der Waals surface area contributed by atoms with Crippen LogP contribution in [0.25, 0.3) is 0 Å². The van der Waals surface area contributed by atoms with E-state index in [0.29, 0.717) is 38.5 Å². The zero-order valence-electron chi connectivity index (χ0n) is 13.2. The van der Waals surface area contributed by atoms with Crippen molar-refractivity contribution in [3.05, 3.63) is 0 Å². The monoisotopic (exact) mass is 330 g/mol. The highest BCUT2D eigenvalue weighted by molar-refractivity contribution is 5.43. The van der Waals surface area contributed by atoms with Crippen LogP contribution in [0.5, 0.6) is 0 Å². The van der Waals surface area contributed by atoms with E-state index in [0.717, 1.165) is 12.8 Å². The lowest BCUT2D eigenvalue weighted by Crippen LogP contribution is -2.61. The Bertz CT molecular complexity index is 660. The summed E-state index contributed by atoms with van der Waals surface area (Å²) in [5, 5.41) is 0. The molecular weight excluding hydrogens is 312 g/mol. The number of hydrogen-bond acceptors (Lipinski definition) is 8. The molecule has 0 saturated heterocycles. The predicted octanol–water partition coefficient (Wildman–Crippen LogP) is 1.69. The molecule has 126 valence electrons. The van der Waals surface area contributed by atoms with Gasteiger partial charge in [0.25, 0.3) is 0 Å². The smallest absolute Gasteiger partial charge is 0.211 e. The van der Waals surface area contributed by atoms with Crippen molar-refractivity contribution in [2.75, 3.05) is 0 Å². The Balaban J connectivity index is 2.52. The number of aliphatic imine (C=N–C) groups is 4. The molecule has 0 spiro atoms. The van der Waals surface area contributed by atoms with Gasteiger partial charge in [-0.3, -0.25) is 0 Å². The lowest BCUT2D eigenvalue weighted by Gasteiger charge is -2.50. The van der Waals surface area contributed by atoms with E-state index in [1.54, 1.807) is 24.3 Å². The molecule has 2 aliphatic carbocycles. The molecule has 0 aromatic carbocycles. The molecular formula is C16H18N4O4. The molecule has 0 bridgehead atoms. The van der Waals surface area contributed by atoms with Gasteiger partial charge in [0.2, 0.25) is 24.3 Å². The maximum atomic E-state index is 11.1. The van der Waals surface area contributed by atoms with E-state index >= 15 is 0 Å². The number of nitrogens with zero attached hydrogens (tertiary/aromatic N) is 4. The minimum absolute atomic E-state index is 0.189. The molecule has 2 unspecified atom stereocenters. The first-order valence-electron chi connectivity index (χ1n) is 8.00. The van der Waals surface area contributed by atoms with E-state index < -0.39 is 17.1 Å². The Morgan fingerprint density at radius 1 is 0.708 bits per heavy atom. The Kier molecular flexibility index (Phi) is 5.86. The van der Waals surface area contributed by atoms with Crippen LogP contribution < -0.4 is 0 Å².